The molecule has 4 heteroatoms. The summed E-state index contributed by atoms with van der Waals surface area (Å²) in [6, 6.07) is 0. The fraction of sp³-hybridized carbons (Fsp3) is 0.966. The molecule has 0 spiro atoms. The molecular weight excluding hydrogens is 759 g/mol. The second-order valence-electron chi connectivity index (χ2n) is 20.3. The number of amides is 1. The van der Waals surface area contributed by atoms with Crippen molar-refractivity contribution in [3.8, 4) is 0 Å². The Morgan fingerprint density at radius 1 is 0.323 bits per heavy atom. The summed E-state index contributed by atoms with van der Waals surface area (Å²) < 4.78 is 0. The van der Waals surface area contributed by atoms with Crippen LogP contribution in [0.5, 0.6) is 0 Å². The van der Waals surface area contributed by atoms with E-state index in [2.05, 4.69) is 12.2 Å². The van der Waals surface area contributed by atoms with Gasteiger partial charge in [0.1, 0.15) is 0 Å². The number of carbonyl (C=O) groups excluding carboxylic acids is 1. The van der Waals surface area contributed by atoms with Gasteiger partial charge in [-0.3, -0.25) is 9.59 Å². The van der Waals surface area contributed by atoms with Crippen LogP contribution in [0.25, 0.3) is 0 Å². The molecule has 0 aromatic rings. The Balaban J connectivity index is 3.17. The van der Waals surface area contributed by atoms with Crippen LogP contribution < -0.4 is 5.32 Å². The summed E-state index contributed by atoms with van der Waals surface area (Å²) in [5, 5.41) is 12.3. The van der Waals surface area contributed by atoms with Gasteiger partial charge in [-0.1, -0.05) is 316 Å². The lowest BCUT2D eigenvalue weighted by Gasteiger charge is -2.08. The molecule has 0 aliphatic carbocycles. The number of aliphatic carboxylic acids is 1. The highest BCUT2D eigenvalue weighted by atomic mass is 16.4. The third-order valence-electron chi connectivity index (χ3n) is 14.2. The lowest BCUT2D eigenvalue weighted by atomic mass is 9.98. The fourth-order valence-electron chi connectivity index (χ4n) is 9.65. The molecule has 4 nitrogen and oxygen atoms in total. The first-order chi connectivity index (χ1) is 30.6. The average molecular weight is 875 g/mol. The lowest BCUT2D eigenvalue weighted by Crippen LogP contribution is -2.23. The second-order valence-corrected chi connectivity index (χ2v) is 20.3. The zero-order chi connectivity index (χ0) is 44.9. The van der Waals surface area contributed by atoms with Gasteiger partial charge in [0.2, 0.25) is 5.91 Å². The zero-order valence-electron chi connectivity index (χ0n) is 42.8. The molecule has 0 aliphatic rings. The SMILES string of the molecule is CCCCCCCCCCCCCCCCCCCCCCCCCCCC(=O)NCCCCCCCCCCCCCCCCCCCCCCCCCCC(CC)C(=O)O. The molecule has 0 radical (unpaired) electrons. The molecule has 1 unspecified atom stereocenters. The van der Waals surface area contributed by atoms with Crippen LogP contribution in [0.1, 0.15) is 348 Å². The predicted molar refractivity (Wildman–Crippen MR) is 276 cm³/mol. The highest BCUT2D eigenvalue weighted by Crippen LogP contribution is 2.19. The van der Waals surface area contributed by atoms with Crippen molar-refractivity contribution in [2.45, 2.75) is 348 Å². The van der Waals surface area contributed by atoms with Crippen molar-refractivity contribution in [3.05, 3.63) is 0 Å². The van der Waals surface area contributed by atoms with Gasteiger partial charge < -0.3 is 10.4 Å². The Hall–Kier alpha value is -1.06. The van der Waals surface area contributed by atoms with Crippen LogP contribution in [0.2, 0.25) is 0 Å². The summed E-state index contributed by atoms with van der Waals surface area (Å²) in [6.07, 6.45) is 70.4. The molecule has 0 saturated heterocycles. The minimum atomic E-state index is -0.613. The van der Waals surface area contributed by atoms with E-state index in [1.807, 2.05) is 6.92 Å². The Bertz CT molecular complexity index is 860. The number of carboxylic acids is 1. The van der Waals surface area contributed by atoms with Gasteiger partial charge in [0.15, 0.2) is 0 Å². The van der Waals surface area contributed by atoms with E-state index in [1.165, 1.54) is 295 Å². The molecule has 0 saturated carbocycles. The van der Waals surface area contributed by atoms with Crippen molar-refractivity contribution >= 4 is 11.9 Å². The highest BCUT2D eigenvalue weighted by molar-refractivity contribution is 5.75. The summed E-state index contributed by atoms with van der Waals surface area (Å²) in [5.41, 5.74) is 0. The van der Waals surface area contributed by atoms with E-state index in [4.69, 9.17) is 5.11 Å². The topological polar surface area (TPSA) is 66.4 Å². The molecular formula is C58H115NO3. The van der Waals surface area contributed by atoms with Crippen molar-refractivity contribution < 1.29 is 14.7 Å². The molecule has 0 aliphatic heterocycles. The third kappa shape index (κ3) is 51.6. The molecule has 370 valence electrons. The largest absolute Gasteiger partial charge is 0.481 e. The van der Waals surface area contributed by atoms with Crippen molar-refractivity contribution in [2.24, 2.45) is 5.92 Å². The van der Waals surface area contributed by atoms with Gasteiger partial charge in [0.05, 0.1) is 5.92 Å². The molecule has 2 N–H and O–H groups in total. The highest BCUT2D eigenvalue weighted by Gasteiger charge is 2.13. The number of hydrogen-bond acceptors (Lipinski definition) is 2. The fourth-order valence-corrected chi connectivity index (χ4v) is 9.65. The molecule has 0 aromatic carbocycles. The maximum Gasteiger partial charge on any atom is 0.306 e. The van der Waals surface area contributed by atoms with Gasteiger partial charge in [-0.25, -0.2) is 0 Å². The predicted octanol–water partition coefficient (Wildman–Crippen LogP) is 20.1. The van der Waals surface area contributed by atoms with Gasteiger partial charge in [0, 0.05) is 13.0 Å². The summed E-state index contributed by atoms with van der Waals surface area (Å²) in [6.45, 7) is 5.17. The van der Waals surface area contributed by atoms with E-state index in [0.29, 0.717) is 0 Å². The number of carbonyl (C=O) groups is 2. The number of nitrogens with one attached hydrogen (secondary N) is 1. The summed E-state index contributed by atoms with van der Waals surface area (Å²) in [5.74, 6) is -0.463. The average Bonchev–Trinajstić information content (AvgIpc) is 3.27. The van der Waals surface area contributed by atoms with E-state index in [0.717, 1.165) is 45.1 Å². The van der Waals surface area contributed by atoms with Crippen LogP contribution >= 0.6 is 0 Å². The van der Waals surface area contributed by atoms with E-state index in [-0.39, 0.29) is 11.8 Å². The van der Waals surface area contributed by atoms with Crippen molar-refractivity contribution in [3.63, 3.8) is 0 Å². The van der Waals surface area contributed by atoms with E-state index in [1.54, 1.807) is 0 Å². The molecule has 0 aromatic heterocycles. The Morgan fingerprint density at radius 2 is 0.548 bits per heavy atom. The normalized spacial score (nSPS) is 12.0. The van der Waals surface area contributed by atoms with Crippen molar-refractivity contribution in [1.82, 2.24) is 5.32 Å². The third-order valence-corrected chi connectivity index (χ3v) is 14.2. The molecule has 0 heterocycles. The van der Waals surface area contributed by atoms with E-state index < -0.39 is 5.97 Å². The zero-order valence-corrected chi connectivity index (χ0v) is 42.8. The number of unbranched alkanes of at least 4 members (excludes halogenated alkanes) is 47. The smallest absolute Gasteiger partial charge is 0.306 e. The standard InChI is InChI=1S/C58H115NO3/c1-3-5-6-7-8-9-10-11-12-13-14-15-16-17-21-24-27-30-33-36-39-42-45-48-51-54-57(60)59-55-52-49-46-43-40-37-34-31-28-25-22-19-18-20-23-26-29-32-35-38-41-44-47-50-53-56(4-2)58(61)62/h56H,3-55H2,1-2H3,(H,59,60)(H,61,62). The van der Waals surface area contributed by atoms with Gasteiger partial charge >= 0.3 is 5.97 Å². The van der Waals surface area contributed by atoms with Crippen LogP contribution in [0.15, 0.2) is 0 Å². The second kappa shape index (κ2) is 54.3. The van der Waals surface area contributed by atoms with Gasteiger partial charge in [-0.15, -0.1) is 0 Å². The van der Waals surface area contributed by atoms with Gasteiger partial charge in [-0.05, 0) is 25.7 Å². The number of rotatable bonds is 55. The molecule has 1 amide bonds. The van der Waals surface area contributed by atoms with Crippen LogP contribution in [0.3, 0.4) is 0 Å². The summed E-state index contributed by atoms with van der Waals surface area (Å²) in [7, 11) is 0. The van der Waals surface area contributed by atoms with E-state index in [9.17, 15) is 9.59 Å². The number of hydrogen-bond donors (Lipinski definition) is 2. The Morgan fingerprint density at radius 3 is 0.790 bits per heavy atom. The summed E-state index contributed by atoms with van der Waals surface area (Å²) >= 11 is 0. The van der Waals surface area contributed by atoms with Crippen molar-refractivity contribution in [1.29, 1.82) is 0 Å². The molecule has 0 fully saturated rings. The minimum Gasteiger partial charge on any atom is -0.481 e. The first-order valence-electron chi connectivity index (χ1n) is 29.1. The minimum absolute atomic E-state index is 0.126. The Kier molecular flexibility index (Phi) is 53.3. The van der Waals surface area contributed by atoms with Crippen LogP contribution in [-0.2, 0) is 9.59 Å². The maximum absolute atomic E-state index is 12.2. The summed E-state index contributed by atoms with van der Waals surface area (Å²) in [4.78, 5) is 23.3. The lowest BCUT2D eigenvalue weighted by molar-refractivity contribution is -0.142. The first kappa shape index (κ1) is 60.9. The monoisotopic (exact) mass is 874 g/mol. The quantitative estimate of drug-likeness (QED) is 0.0598. The van der Waals surface area contributed by atoms with Crippen LogP contribution in [0, 0.1) is 5.92 Å². The van der Waals surface area contributed by atoms with Gasteiger partial charge in [-0.2, -0.15) is 0 Å². The Labute approximate surface area is 390 Å². The molecule has 1 atom stereocenters. The molecule has 0 rings (SSSR count). The van der Waals surface area contributed by atoms with E-state index >= 15 is 0 Å². The van der Waals surface area contributed by atoms with Crippen molar-refractivity contribution in [2.75, 3.05) is 6.54 Å². The maximum atomic E-state index is 12.2. The van der Waals surface area contributed by atoms with Crippen LogP contribution in [0.4, 0.5) is 0 Å². The van der Waals surface area contributed by atoms with Gasteiger partial charge in [0.25, 0.3) is 0 Å². The van der Waals surface area contributed by atoms with Crippen LogP contribution in [-0.4, -0.2) is 23.5 Å². The molecule has 0 bridgehead atoms. The number of carboxylic acid groups (broad SMARTS) is 1. The first-order valence-corrected chi connectivity index (χ1v) is 29.1. The molecule has 62 heavy (non-hydrogen) atoms.